The summed E-state index contributed by atoms with van der Waals surface area (Å²) in [6.45, 7) is 1.81. The Hall–Kier alpha value is -1.30. The van der Waals surface area contributed by atoms with E-state index in [4.69, 9.17) is 17.0 Å². The molecule has 0 aromatic rings. The van der Waals surface area contributed by atoms with Gasteiger partial charge in [-0.2, -0.15) is 0 Å². The van der Waals surface area contributed by atoms with Crippen molar-refractivity contribution in [3.8, 4) is 0 Å². The van der Waals surface area contributed by atoms with Gasteiger partial charge in [-0.15, -0.1) is 0 Å². The van der Waals surface area contributed by atoms with Crippen LogP contribution in [0, 0.1) is 5.41 Å². The van der Waals surface area contributed by atoms with E-state index in [-0.39, 0.29) is 0 Å². The molecule has 0 spiro atoms. The maximum absolute atomic E-state index is 10.5. The highest BCUT2D eigenvalue weighted by molar-refractivity contribution is 5.81. The Morgan fingerprint density at radius 3 is 2.50 bits per heavy atom. The van der Waals surface area contributed by atoms with Crippen molar-refractivity contribution in [3.05, 3.63) is 0 Å². The molecule has 12 heavy (non-hydrogen) atoms. The molecule has 0 aliphatic carbocycles. The lowest BCUT2D eigenvalue weighted by Gasteiger charge is -2.27. The molecule has 0 aromatic carbocycles. The van der Waals surface area contributed by atoms with E-state index in [9.17, 15) is 9.90 Å². The molecule has 0 fully saturated rings. The molecule has 0 saturated carbocycles. The predicted octanol–water partition coefficient (Wildman–Crippen LogP) is -2.03. The lowest BCUT2D eigenvalue weighted by molar-refractivity contribution is -0.311. The summed E-state index contributed by atoms with van der Waals surface area (Å²) in [5, 5.41) is 18.0. The average molecular weight is 173 g/mol. The van der Waals surface area contributed by atoms with Gasteiger partial charge in [0.05, 0.1) is 12.0 Å². The highest BCUT2D eigenvalue weighted by Gasteiger charge is 2.16. The molecule has 0 aromatic heterocycles. The number of nitrogens with zero attached hydrogens (tertiary/aromatic N) is 1. The van der Waals surface area contributed by atoms with Gasteiger partial charge in [-0.05, 0) is 6.42 Å². The van der Waals surface area contributed by atoms with Gasteiger partial charge in [0.15, 0.2) is 0 Å². The molecule has 0 rings (SSSR count). The van der Waals surface area contributed by atoms with E-state index >= 15 is 0 Å². The van der Waals surface area contributed by atoms with E-state index < -0.39 is 18.0 Å². The molecule has 0 saturated heterocycles. The number of carboxylic acids is 1. The topological polar surface area (TPSA) is 119 Å². The number of hydrogen-bond donors (Lipinski definition) is 3. The molecule has 5 N–H and O–H groups in total. The van der Waals surface area contributed by atoms with Crippen molar-refractivity contribution in [2.75, 3.05) is 0 Å². The van der Waals surface area contributed by atoms with Crippen molar-refractivity contribution in [1.29, 1.82) is 5.41 Å². The molecule has 0 heterocycles. The first kappa shape index (κ1) is 10.7. The van der Waals surface area contributed by atoms with Crippen molar-refractivity contribution in [2.45, 2.75) is 25.8 Å². The van der Waals surface area contributed by atoms with Gasteiger partial charge in [-0.25, -0.2) is 5.84 Å². The van der Waals surface area contributed by atoms with Crippen LogP contribution in [0.1, 0.15) is 19.8 Å². The zero-order chi connectivity index (χ0) is 9.72. The van der Waals surface area contributed by atoms with Crippen molar-refractivity contribution >= 4 is 11.9 Å². The fraction of sp³-hybridized carbons (Fsp3) is 0.667. The van der Waals surface area contributed by atoms with Gasteiger partial charge in [0.1, 0.15) is 0 Å². The fourth-order valence-corrected chi connectivity index (χ4v) is 0.812. The third-order valence-electron chi connectivity index (χ3n) is 1.45. The summed E-state index contributed by atoms with van der Waals surface area (Å²) >= 11 is 0. The molecule has 0 radical (unpaired) electrons. The summed E-state index contributed by atoms with van der Waals surface area (Å²) in [5.41, 5.74) is 5.00. The minimum Gasteiger partial charge on any atom is -0.548 e. The minimum absolute atomic E-state index is 0.318. The van der Waals surface area contributed by atoms with Gasteiger partial charge in [0.25, 0.3) is 0 Å². The van der Waals surface area contributed by atoms with Crippen LogP contribution in [0.15, 0.2) is 0 Å². The molecule has 0 aliphatic rings. The van der Waals surface area contributed by atoms with Crippen molar-refractivity contribution in [3.63, 3.8) is 0 Å². The molecule has 1 unspecified atom stereocenters. The summed E-state index contributed by atoms with van der Waals surface area (Å²) in [6.07, 6.45) is 0.956. The summed E-state index contributed by atoms with van der Waals surface area (Å²) in [5.74, 6) is 3.43. The lowest BCUT2D eigenvalue weighted by Crippen LogP contribution is -2.56. The van der Waals surface area contributed by atoms with E-state index in [1.165, 1.54) is 0 Å². The van der Waals surface area contributed by atoms with E-state index in [0.29, 0.717) is 17.9 Å². The van der Waals surface area contributed by atoms with Crippen LogP contribution in [0.25, 0.3) is 0 Å². The molecule has 6 nitrogen and oxygen atoms in total. The molecular weight excluding hydrogens is 160 g/mol. The van der Waals surface area contributed by atoms with Crippen LogP contribution in [-0.2, 0) is 4.79 Å². The summed E-state index contributed by atoms with van der Waals surface area (Å²) in [4.78, 5) is 10.5. The maximum Gasteiger partial charge on any atom is 0.203 e. The quantitative estimate of drug-likeness (QED) is 0.196. The number of carbonyl (C=O) groups is 1. The van der Waals surface area contributed by atoms with Crippen molar-refractivity contribution in [2.24, 2.45) is 11.6 Å². The van der Waals surface area contributed by atoms with Gasteiger partial charge in [-0.3, -0.25) is 10.4 Å². The highest BCUT2D eigenvalue weighted by Crippen LogP contribution is 2.00. The summed E-state index contributed by atoms with van der Waals surface area (Å²) in [7, 11) is 0. The van der Waals surface area contributed by atoms with E-state index in [2.05, 4.69) is 0 Å². The lowest BCUT2D eigenvalue weighted by atomic mass is 10.1. The van der Waals surface area contributed by atoms with Crippen LogP contribution < -0.4 is 16.7 Å². The highest BCUT2D eigenvalue weighted by atomic mass is 16.4. The number of hydrazine groups is 1. The second-order valence-corrected chi connectivity index (χ2v) is 2.42. The monoisotopic (exact) mass is 173 g/mol. The zero-order valence-electron chi connectivity index (χ0n) is 6.91. The number of nitrogens with two attached hydrogens (primary N) is 2. The van der Waals surface area contributed by atoms with Crippen LogP contribution in [0.5, 0.6) is 0 Å². The Balaban J connectivity index is 4.28. The second kappa shape index (κ2) is 4.55. The first-order chi connectivity index (χ1) is 5.50. The number of hydrogen-bond acceptors (Lipinski definition) is 4. The Labute approximate surface area is 70.6 Å². The standard InChI is InChI=1S/C6H14N4O2/c1-2-3-4(5(11)12)10(9)6(7)8/h4H,2-3,9H2,1H3,(H3,7,8)(H,11,12)/p-1. The number of carboxylic acid groups (broad SMARTS) is 1. The summed E-state index contributed by atoms with van der Waals surface area (Å²) in [6, 6.07) is -1.01. The van der Waals surface area contributed by atoms with Crippen LogP contribution in [-0.4, -0.2) is 23.0 Å². The molecular formula is C6H13N4O2-. The summed E-state index contributed by atoms with van der Waals surface area (Å²) < 4.78 is 0. The van der Waals surface area contributed by atoms with Crippen LogP contribution in [0.2, 0.25) is 0 Å². The first-order valence-corrected chi connectivity index (χ1v) is 3.59. The minimum atomic E-state index is -1.31. The second-order valence-electron chi connectivity index (χ2n) is 2.42. The third kappa shape index (κ3) is 2.75. The number of rotatable bonds is 4. The molecule has 0 amide bonds. The van der Waals surface area contributed by atoms with Gasteiger partial charge < -0.3 is 15.6 Å². The largest absolute Gasteiger partial charge is 0.548 e. The van der Waals surface area contributed by atoms with Crippen LogP contribution in [0.4, 0.5) is 0 Å². The zero-order valence-corrected chi connectivity index (χ0v) is 6.91. The molecule has 0 aliphatic heterocycles. The Bertz CT molecular complexity index is 182. The number of guanidine groups is 1. The molecule has 70 valence electrons. The maximum atomic E-state index is 10.5. The molecule has 1 atom stereocenters. The Morgan fingerprint density at radius 2 is 2.25 bits per heavy atom. The number of nitrogens with one attached hydrogen (secondary N) is 1. The van der Waals surface area contributed by atoms with Crippen molar-refractivity contribution in [1.82, 2.24) is 5.01 Å². The Kier molecular flexibility index (Phi) is 4.06. The Morgan fingerprint density at radius 1 is 1.75 bits per heavy atom. The SMILES string of the molecule is CCCC(C(=O)[O-])N(N)C(=N)N. The average Bonchev–Trinajstić information content (AvgIpc) is 1.98. The van der Waals surface area contributed by atoms with Crippen LogP contribution >= 0.6 is 0 Å². The molecule has 0 bridgehead atoms. The predicted molar refractivity (Wildman–Crippen MR) is 41.6 cm³/mol. The van der Waals surface area contributed by atoms with Gasteiger partial charge in [0, 0.05) is 0 Å². The van der Waals surface area contributed by atoms with Gasteiger partial charge >= 0.3 is 0 Å². The van der Waals surface area contributed by atoms with E-state index in [1.807, 2.05) is 6.92 Å². The van der Waals surface area contributed by atoms with E-state index in [1.54, 1.807) is 0 Å². The molecule has 6 heteroatoms. The number of aliphatic carboxylic acids is 1. The van der Waals surface area contributed by atoms with Gasteiger partial charge in [0.2, 0.25) is 5.96 Å². The first-order valence-electron chi connectivity index (χ1n) is 3.59. The van der Waals surface area contributed by atoms with E-state index in [0.717, 1.165) is 0 Å². The number of carbonyl (C=O) groups excluding carboxylic acids is 1. The van der Waals surface area contributed by atoms with Gasteiger partial charge in [-0.1, -0.05) is 13.3 Å². The fourth-order valence-electron chi connectivity index (χ4n) is 0.812. The van der Waals surface area contributed by atoms with Crippen molar-refractivity contribution < 1.29 is 9.90 Å². The normalized spacial score (nSPS) is 12.2. The third-order valence-corrected chi connectivity index (χ3v) is 1.45. The van der Waals surface area contributed by atoms with Crippen LogP contribution in [0.3, 0.4) is 0 Å². The smallest absolute Gasteiger partial charge is 0.203 e.